The van der Waals surface area contributed by atoms with Crippen LogP contribution < -0.4 is 4.72 Å². The van der Waals surface area contributed by atoms with Crippen molar-refractivity contribution in [2.24, 2.45) is 5.92 Å². The molecule has 1 aromatic rings. The van der Waals surface area contributed by atoms with Crippen LogP contribution in [0.25, 0.3) is 0 Å². The monoisotopic (exact) mass is 257 g/mol. The van der Waals surface area contributed by atoms with E-state index >= 15 is 0 Å². The Morgan fingerprint density at radius 2 is 1.94 bits per heavy atom. The van der Waals surface area contributed by atoms with Crippen LogP contribution in [0.4, 0.5) is 0 Å². The second kappa shape index (κ2) is 6.02. The minimum atomic E-state index is -3.59. The van der Waals surface area contributed by atoms with Crippen molar-refractivity contribution < 1.29 is 13.5 Å². The average molecular weight is 257 g/mol. The molecule has 0 aliphatic carbocycles. The van der Waals surface area contributed by atoms with Crippen molar-refractivity contribution in [3.63, 3.8) is 0 Å². The summed E-state index contributed by atoms with van der Waals surface area (Å²) in [5.41, 5.74) is 0. The van der Waals surface area contributed by atoms with E-state index in [0.717, 1.165) is 12.8 Å². The van der Waals surface area contributed by atoms with Gasteiger partial charge in [-0.2, -0.15) is 0 Å². The van der Waals surface area contributed by atoms with E-state index in [1.54, 1.807) is 12.1 Å². The van der Waals surface area contributed by atoms with Crippen molar-refractivity contribution >= 4 is 10.0 Å². The summed E-state index contributed by atoms with van der Waals surface area (Å²) in [5.74, 6) is 0.341. The smallest absolute Gasteiger partial charge is 0.244 e. The van der Waals surface area contributed by atoms with Crippen LogP contribution in [0.2, 0.25) is 0 Å². The zero-order chi connectivity index (χ0) is 12.9. The summed E-state index contributed by atoms with van der Waals surface area (Å²) >= 11 is 0. The highest BCUT2D eigenvalue weighted by atomic mass is 32.2. The van der Waals surface area contributed by atoms with E-state index in [0.29, 0.717) is 12.5 Å². The Labute approximate surface area is 103 Å². The molecule has 5 heteroatoms. The van der Waals surface area contributed by atoms with Gasteiger partial charge in [0.1, 0.15) is 10.6 Å². The normalized spacial score (nSPS) is 11.9. The van der Waals surface area contributed by atoms with E-state index in [4.69, 9.17) is 0 Å². The first-order valence-corrected chi connectivity index (χ1v) is 7.19. The van der Waals surface area contributed by atoms with E-state index in [9.17, 15) is 13.5 Å². The Morgan fingerprint density at radius 1 is 1.29 bits per heavy atom. The number of aromatic hydroxyl groups is 1. The first-order valence-electron chi connectivity index (χ1n) is 5.71. The molecule has 1 rings (SSSR count). The van der Waals surface area contributed by atoms with Crippen LogP contribution in [0.15, 0.2) is 29.2 Å². The predicted molar refractivity (Wildman–Crippen MR) is 67.4 cm³/mol. The lowest BCUT2D eigenvalue weighted by Crippen LogP contribution is -2.25. The molecule has 0 amide bonds. The lowest BCUT2D eigenvalue weighted by molar-refractivity contribution is 0.457. The molecule has 4 nitrogen and oxygen atoms in total. The summed E-state index contributed by atoms with van der Waals surface area (Å²) in [6, 6.07) is 5.93. The number of hydrogen-bond donors (Lipinski definition) is 2. The van der Waals surface area contributed by atoms with Crippen molar-refractivity contribution in [3.8, 4) is 5.75 Å². The number of benzene rings is 1. The zero-order valence-electron chi connectivity index (χ0n) is 10.2. The number of hydrogen-bond acceptors (Lipinski definition) is 3. The quantitative estimate of drug-likeness (QED) is 0.767. The average Bonchev–Trinajstić information content (AvgIpc) is 2.24. The van der Waals surface area contributed by atoms with E-state index in [-0.39, 0.29) is 10.6 Å². The van der Waals surface area contributed by atoms with Crippen LogP contribution in [-0.2, 0) is 10.0 Å². The Balaban J connectivity index is 2.61. The van der Waals surface area contributed by atoms with Gasteiger partial charge >= 0.3 is 0 Å². The van der Waals surface area contributed by atoms with Crippen molar-refractivity contribution in [3.05, 3.63) is 24.3 Å². The van der Waals surface area contributed by atoms with Crippen LogP contribution in [-0.4, -0.2) is 20.1 Å². The van der Waals surface area contributed by atoms with Crippen LogP contribution >= 0.6 is 0 Å². The highest BCUT2D eigenvalue weighted by molar-refractivity contribution is 7.89. The highest BCUT2D eigenvalue weighted by Crippen LogP contribution is 2.20. The maximum atomic E-state index is 11.8. The van der Waals surface area contributed by atoms with Gasteiger partial charge in [0.2, 0.25) is 10.0 Å². The summed E-state index contributed by atoms with van der Waals surface area (Å²) in [6.45, 7) is 4.59. The van der Waals surface area contributed by atoms with Gasteiger partial charge in [-0.15, -0.1) is 0 Å². The Morgan fingerprint density at radius 3 is 2.53 bits per heavy atom. The van der Waals surface area contributed by atoms with E-state index in [1.807, 2.05) is 0 Å². The maximum Gasteiger partial charge on any atom is 0.244 e. The van der Waals surface area contributed by atoms with E-state index in [1.165, 1.54) is 12.1 Å². The zero-order valence-corrected chi connectivity index (χ0v) is 11.0. The molecule has 0 aliphatic heterocycles. The van der Waals surface area contributed by atoms with Gasteiger partial charge in [0.05, 0.1) is 0 Å². The maximum absolute atomic E-state index is 11.8. The summed E-state index contributed by atoms with van der Waals surface area (Å²) in [6.07, 6.45) is 1.77. The van der Waals surface area contributed by atoms with Crippen molar-refractivity contribution in [2.75, 3.05) is 6.54 Å². The van der Waals surface area contributed by atoms with Gasteiger partial charge in [0.15, 0.2) is 0 Å². The molecule has 0 spiro atoms. The molecule has 0 bridgehead atoms. The number of phenolic OH excluding ortho intramolecular Hbond substituents is 1. The van der Waals surface area contributed by atoms with Gasteiger partial charge in [0.25, 0.3) is 0 Å². The third-order valence-electron chi connectivity index (χ3n) is 2.41. The number of sulfonamides is 1. The molecule has 0 radical (unpaired) electrons. The molecule has 0 atom stereocenters. The number of para-hydroxylation sites is 1. The topological polar surface area (TPSA) is 66.4 Å². The minimum Gasteiger partial charge on any atom is -0.507 e. The Bertz CT molecular complexity index is 455. The van der Waals surface area contributed by atoms with Gasteiger partial charge in [-0.25, -0.2) is 13.1 Å². The molecule has 0 heterocycles. The summed E-state index contributed by atoms with van der Waals surface area (Å²) in [4.78, 5) is -0.0652. The van der Waals surface area contributed by atoms with Gasteiger partial charge in [-0.05, 0) is 30.9 Å². The second-order valence-corrected chi connectivity index (χ2v) is 6.14. The largest absolute Gasteiger partial charge is 0.507 e. The van der Waals surface area contributed by atoms with Crippen LogP contribution in [0, 0.1) is 5.92 Å². The van der Waals surface area contributed by atoms with Crippen LogP contribution in [0.5, 0.6) is 5.75 Å². The van der Waals surface area contributed by atoms with E-state index < -0.39 is 10.0 Å². The minimum absolute atomic E-state index is 0.0652. The molecule has 0 unspecified atom stereocenters. The molecular formula is C12H19NO3S. The number of nitrogens with one attached hydrogen (secondary N) is 1. The second-order valence-electron chi connectivity index (χ2n) is 4.40. The Kier molecular flexibility index (Phi) is 4.96. The molecule has 1 aromatic carbocycles. The SMILES string of the molecule is CC(C)CCCNS(=O)(=O)c1ccccc1O. The lowest BCUT2D eigenvalue weighted by atomic mass is 10.1. The number of phenols is 1. The Hall–Kier alpha value is -1.07. The molecule has 0 aliphatic rings. The predicted octanol–water partition coefficient (Wildman–Crippen LogP) is 2.11. The highest BCUT2D eigenvalue weighted by Gasteiger charge is 2.16. The number of rotatable bonds is 6. The van der Waals surface area contributed by atoms with Crippen molar-refractivity contribution in [2.45, 2.75) is 31.6 Å². The molecule has 0 fully saturated rings. The van der Waals surface area contributed by atoms with E-state index in [2.05, 4.69) is 18.6 Å². The fraction of sp³-hybridized carbons (Fsp3) is 0.500. The molecule has 0 saturated heterocycles. The molecule has 0 saturated carbocycles. The summed E-state index contributed by atoms with van der Waals surface area (Å²) < 4.78 is 26.1. The standard InChI is InChI=1S/C12H19NO3S/c1-10(2)6-5-9-13-17(15,16)12-8-4-3-7-11(12)14/h3-4,7-8,10,13-14H,5-6,9H2,1-2H3. The fourth-order valence-electron chi connectivity index (χ4n) is 1.48. The molecule has 2 N–H and O–H groups in total. The molecule has 0 aromatic heterocycles. The van der Waals surface area contributed by atoms with Crippen LogP contribution in [0.3, 0.4) is 0 Å². The lowest BCUT2D eigenvalue weighted by Gasteiger charge is -2.08. The third kappa shape index (κ3) is 4.36. The van der Waals surface area contributed by atoms with Gasteiger partial charge in [0, 0.05) is 6.54 Å². The summed E-state index contributed by atoms with van der Waals surface area (Å²) in [5, 5.41) is 9.47. The molecular weight excluding hydrogens is 238 g/mol. The van der Waals surface area contributed by atoms with Crippen LogP contribution in [0.1, 0.15) is 26.7 Å². The fourth-order valence-corrected chi connectivity index (χ4v) is 2.65. The van der Waals surface area contributed by atoms with Crippen molar-refractivity contribution in [1.29, 1.82) is 0 Å². The molecule has 17 heavy (non-hydrogen) atoms. The molecule has 96 valence electrons. The summed E-state index contributed by atoms with van der Waals surface area (Å²) in [7, 11) is -3.59. The van der Waals surface area contributed by atoms with Gasteiger partial charge in [-0.1, -0.05) is 26.0 Å². The first kappa shape index (κ1) is 14.0. The van der Waals surface area contributed by atoms with Gasteiger partial charge < -0.3 is 5.11 Å². The van der Waals surface area contributed by atoms with Gasteiger partial charge in [-0.3, -0.25) is 0 Å². The first-order chi connectivity index (χ1) is 7.93. The van der Waals surface area contributed by atoms with Crippen molar-refractivity contribution in [1.82, 2.24) is 4.72 Å². The third-order valence-corrected chi connectivity index (χ3v) is 3.91.